The predicted octanol–water partition coefficient (Wildman–Crippen LogP) is -0.192. The van der Waals surface area contributed by atoms with Gasteiger partial charge in [0.2, 0.25) is 26.0 Å². The molecule has 1 heterocycles. The Bertz CT molecular complexity index is 798. The van der Waals surface area contributed by atoms with Crippen molar-refractivity contribution in [1.82, 2.24) is 9.62 Å². The molecular formula is C15H23N3O5S2. The molecule has 1 saturated heterocycles. The number of sulfonamides is 2. The molecule has 1 aromatic rings. The van der Waals surface area contributed by atoms with Gasteiger partial charge >= 0.3 is 0 Å². The smallest absolute Gasteiger partial charge is 0.238 e. The highest BCUT2D eigenvalue weighted by molar-refractivity contribution is 7.89. The van der Waals surface area contributed by atoms with E-state index in [0.29, 0.717) is 26.1 Å². The number of nitrogens with two attached hydrogens (primary N) is 1. The summed E-state index contributed by atoms with van der Waals surface area (Å²) in [5.41, 5.74) is 0.845. The van der Waals surface area contributed by atoms with Crippen molar-refractivity contribution in [2.45, 2.75) is 30.6 Å². The lowest BCUT2D eigenvalue weighted by Gasteiger charge is -2.15. The van der Waals surface area contributed by atoms with Crippen molar-refractivity contribution in [3.63, 3.8) is 0 Å². The van der Waals surface area contributed by atoms with Crippen molar-refractivity contribution >= 4 is 26.0 Å². The summed E-state index contributed by atoms with van der Waals surface area (Å²) in [5.74, 6) is -0.494. The average molecular weight is 389 g/mol. The van der Waals surface area contributed by atoms with Gasteiger partial charge in [-0.3, -0.25) is 4.79 Å². The summed E-state index contributed by atoms with van der Waals surface area (Å²) >= 11 is 0. The molecule has 8 nitrogen and oxygen atoms in total. The van der Waals surface area contributed by atoms with Gasteiger partial charge in [-0.05, 0) is 37.0 Å². The third kappa shape index (κ3) is 6.07. The van der Waals surface area contributed by atoms with Crippen LogP contribution in [0.5, 0.6) is 0 Å². The van der Waals surface area contributed by atoms with Gasteiger partial charge in [-0.25, -0.2) is 26.3 Å². The molecule has 1 aromatic carbocycles. The van der Waals surface area contributed by atoms with Crippen LogP contribution in [-0.2, 0) is 31.3 Å². The molecule has 1 fully saturated rings. The highest BCUT2D eigenvalue weighted by Crippen LogP contribution is 2.13. The summed E-state index contributed by atoms with van der Waals surface area (Å²) in [5, 5.41) is 7.70. The van der Waals surface area contributed by atoms with Crippen LogP contribution in [0, 0.1) is 0 Å². The Hall–Kier alpha value is -1.49. The van der Waals surface area contributed by atoms with Crippen LogP contribution in [0.15, 0.2) is 29.2 Å². The standard InChI is InChI=1S/C15H23N3O5S2/c16-25(22,23)14-5-3-13(4-6-14)7-9-17-15(19)8-12-24(20,21)18-10-1-2-11-18/h3-6H,1-2,7-12H2,(H,17,19)(H2,16,22,23). The SMILES string of the molecule is NS(=O)(=O)c1ccc(CCNC(=O)CCS(=O)(=O)N2CCCC2)cc1. The van der Waals surface area contributed by atoms with E-state index in [9.17, 15) is 21.6 Å². The minimum absolute atomic E-state index is 0.0346. The molecule has 0 spiro atoms. The molecule has 1 amide bonds. The fourth-order valence-corrected chi connectivity index (χ4v) is 4.63. The molecule has 140 valence electrons. The van der Waals surface area contributed by atoms with Crippen molar-refractivity contribution in [3.05, 3.63) is 29.8 Å². The van der Waals surface area contributed by atoms with Gasteiger partial charge in [-0.2, -0.15) is 0 Å². The number of hydrogen-bond donors (Lipinski definition) is 2. The van der Waals surface area contributed by atoms with E-state index in [1.54, 1.807) is 12.1 Å². The normalized spacial score (nSPS) is 16.0. The number of carbonyl (C=O) groups excluding carboxylic acids is 1. The molecule has 0 unspecified atom stereocenters. The van der Waals surface area contributed by atoms with Crippen LogP contribution in [0.4, 0.5) is 0 Å². The molecule has 10 heteroatoms. The summed E-state index contributed by atoms with van der Waals surface area (Å²) in [7, 11) is -7.06. The van der Waals surface area contributed by atoms with Gasteiger partial charge < -0.3 is 5.32 Å². The predicted molar refractivity (Wildman–Crippen MR) is 93.7 cm³/mol. The van der Waals surface area contributed by atoms with Crippen LogP contribution in [0.2, 0.25) is 0 Å². The number of rotatable bonds is 8. The second kappa shape index (κ2) is 8.26. The van der Waals surface area contributed by atoms with E-state index in [1.165, 1.54) is 16.4 Å². The van der Waals surface area contributed by atoms with Crippen molar-refractivity contribution < 1.29 is 21.6 Å². The van der Waals surface area contributed by atoms with Crippen LogP contribution < -0.4 is 10.5 Å². The van der Waals surface area contributed by atoms with E-state index in [0.717, 1.165) is 18.4 Å². The highest BCUT2D eigenvalue weighted by atomic mass is 32.2. The zero-order valence-electron chi connectivity index (χ0n) is 13.8. The maximum absolute atomic E-state index is 12.0. The first kappa shape index (κ1) is 19.8. The van der Waals surface area contributed by atoms with E-state index in [1.807, 2.05) is 0 Å². The van der Waals surface area contributed by atoms with E-state index in [2.05, 4.69) is 5.32 Å². The van der Waals surface area contributed by atoms with Crippen LogP contribution in [0.1, 0.15) is 24.8 Å². The number of hydrogen-bond acceptors (Lipinski definition) is 5. The molecular weight excluding hydrogens is 366 g/mol. The lowest BCUT2D eigenvalue weighted by atomic mass is 10.1. The van der Waals surface area contributed by atoms with Crippen LogP contribution in [-0.4, -0.2) is 52.4 Å². The van der Waals surface area contributed by atoms with Gasteiger partial charge in [0.25, 0.3) is 0 Å². The topological polar surface area (TPSA) is 127 Å². The molecule has 2 rings (SSSR count). The number of carbonyl (C=O) groups is 1. The quantitative estimate of drug-likeness (QED) is 0.637. The number of amides is 1. The Labute approximate surface area is 148 Å². The molecule has 1 aliphatic heterocycles. The summed E-state index contributed by atoms with van der Waals surface area (Å²) in [6, 6.07) is 6.08. The maximum atomic E-state index is 12.0. The van der Waals surface area contributed by atoms with E-state index in [-0.39, 0.29) is 23.0 Å². The Morgan fingerprint density at radius 2 is 1.68 bits per heavy atom. The van der Waals surface area contributed by atoms with Crippen molar-refractivity contribution in [2.24, 2.45) is 5.14 Å². The molecule has 0 radical (unpaired) electrons. The van der Waals surface area contributed by atoms with E-state index in [4.69, 9.17) is 5.14 Å². The molecule has 0 aliphatic carbocycles. The molecule has 3 N–H and O–H groups in total. The van der Waals surface area contributed by atoms with Gasteiger partial charge in [0.15, 0.2) is 0 Å². The third-order valence-electron chi connectivity index (χ3n) is 4.03. The minimum Gasteiger partial charge on any atom is -0.356 e. The average Bonchev–Trinajstić information content (AvgIpc) is 3.08. The summed E-state index contributed by atoms with van der Waals surface area (Å²) in [6.45, 7) is 1.42. The van der Waals surface area contributed by atoms with Crippen LogP contribution in [0.3, 0.4) is 0 Å². The summed E-state index contributed by atoms with van der Waals surface area (Å²) in [6.07, 6.45) is 2.18. The van der Waals surface area contributed by atoms with Crippen LogP contribution in [0.25, 0.3) is 0 Å². The molecule has 0 atom stereocenters. The number of nitrogens with one attached hydrogen (secondary N) is 1. The Kier molecular flexibility index (Phi) is 6.55. The maximum Gasteiger partial charge on any atom is 0.238 e. The first-order chi connectivity index (χ1) is 11.7. The largest absolute Gasteiger partial charge is 0.356 e. The van der Waals surface area contributed by atoms with E-state index < -0.39 is 20.0 Å². The third-order valence-corrected chi connectivity index (χ3v) is 6.83. The monoisotopic (exact) mass is 389 g/mol. The fourth-order valence-electron chi connectivity index (χ4n) is 2.60. The number of primary sulfonamides is 1. The first-order valence-electron chi connectivity index (χ1n) is 8.05. The second-order valence-corrected chi connectivity index (χ2v) is 9.61. The first-order valence-corrected chi connectivity index (χ1v) is 11.2. The molecule has 25 heavy (non-hydrogen) atoms. The molecule has 0 aromatic heterocycles. The second-order valence-electron chi connectivity index (χ2n) is 5.96. The van der Waals surface area contributed by atoms with E-state index >= 15 is 0 Å². The lowest BCUT2D eigenvalue weighted by molar-refractivity contribution is -0.120. The Morgan fingerprint density at radius 3 is 2.24 bits per heavy atom. The molecule has 0 saturated carbocycles. The Morgan fingerprint density at radius 1 is 1.08 bits per heavy atom. The van der Waals surface area contributed by atoms with Gasteiger partial charge in [-0.1, -0.05) is 12.1 Å². The molecule has 0 bridgehead atoms. The van der Waals surface area contributed by atoms with Gasteiger partial charge in [0, 0.05) is 26.1 Å². The molecule has 1 aliphatic rings. The number of benzene rings is 1. The van der Waals surface area contributed by atoms with Crippen molar-refractivity contribution in [1.29, 1.82) is 0 Å². The number of nitrogens with zero attached hydrogens (tertiary/aromatic N) is 1. The minimum atomic E-state index is -3.71. The van der Waals surface area contributed by atoms with Crippen molar-refractivity contribution in [3.8, 4) is 0 Å². The van der Waals surface area contributed by atoms with Gasteiger partial charge in [-0.15, -0.1) is 0 Å². The fraction of sp³-hybridized carbons (Fsp3) is 0.533. The van der Waals surface area contributed by atoms with Crippen LogP contribution >= 0.6 is 0 Å². The zero-order valence-corrected chi connectivity index (χ0v) is 15.5. The van der Waals surface area contributed by atoms with Gasteiger partial charge in [0.1, 0.15) is 0 Å². The van der Waals surface area contributed by atoms with Crippen molar-refractivity contribution in [2.75, 3.05) is 25.4 Å². The summed E-state index contributed by atoms with van der Waals surface area (Å²) in [4.78, 5) is 11.8. The highest BCUT2D eigenvalue weighted by Gasteiger charge is 2.25. The van der Waals surface area contributed by atoms with Gasteiger partial charge in [0.05, 0.1) is 10.6 Å². The summed E-state index contributed by atoms with van der Waals surface area (Å²) < 4.78 is 47.8. The Balaban J connectivity index is 1.73. The zero-order chi connectivity index (χ0) is 18.5. The lowest BCUT2D eigenvalue weighted by Crippen LogP contribution is -2.33.